The van der Waals surface area contributed by atoms with E-state index in [1.807, 2.05) is 0 Å². The summed E-state index contributed by atoms with van der Waals surface area (Å²) in [6.45, 7) is -1.68. The lowest BCUT2D eigenvalue weighted by molar-refractivity contribution is -0.0498. The number of hydrogen-bond donors (Lipinski definition) is 0. The smallest absolute Gasteiger partial charge is 0.387 e. The van der Waals surface area contributed by atoms with Gasteiger partial charge in [-0.05, 0) is 17.7 Å². The summed E-state index contributed by atoms with van der Waals surface area (Å²) in [6, 6.07) is 6.10. The lowest BCUT2D eigenvalue weighted by atomic mass is 10.0. The number of benzene rings is 1. The van der Waals surface area contributed by atoms with Crippen molar-refractivity contribution in [2.75, 3.05) is 6.67 Å². The van der Waals surface area contributed by atoms with Crippen LogP contribution < -0.4 is 4.74 Å². The van der Waals surface area contributed by atoms with E-state index in [0.29, 0.717) is 5.56 Å². The lowest BCUT2D eigenvalue weighted by Crippen LogP contribution is -2.03. The van der Waals surface area contributed by atoms with Gasteiger partial charge in [-0.3, -0.25) is 4.39 Å². The summed E-state index contributed by atoms with van der Waals surface area (Å²) in [5.74, 6) is -0.228. The summed E-state index contributed by atoms with van der Waals surface area (Å²) in [5.41, 5.74) is 0.658. The van der Waals surface area contributed by atoms with E-state index in [1.54, 1.807) is 19.1 Å². The highest BCUT2D eigenvalue weighted by Gasteiger charge is 2.08. The van der Waals surface area contributed by atoms with Gasteiger partial charge in [0, 0.05) is 5.92 Å². The molecule has 1 unspecified atom stereocenters. The van der Waals surface area contributed by atoms with Gasteiger partial charge in [-0.15, -0.1) is 0 Å². The topological polar surface area (TPSA) is 9.23 Å². The minimum absolute atomic E-state index is 0.0674. The first-order valence-corrected chi connectivity index (χ1v) is 4.24. The lowest BCUT2D eigenvalue weighted by Gasteiger charge is -2.09. The maximum Gasteiger partial charge on any atom is 0.387 e. The molecule has 0 bridgehead atoms. The molecule has 0 saturated heterocycles. The fourth-order valence-electron chi connectivity index (χ4n) is 1.09. The standard InChI is InChI=1S/C10H11F3O/c1-7(6-11)8-3-2-4-9(5-8)14-10(12)13/h2-5,7,10H,6H2,1H3. The third kappa shape index (κ3) is 2.94. The normalized spacial score (nSPS) is 12.9. The van der Waals surface area contributed by atoms with Crippen molar-refractivity contribution >= 4 is 0 Å². The zero-order chi connectivity index (χ0) is 10.6. The van der Waals surface area contributed by atoms with Crippen molar-refractivity contribution < 1.29 is 17.9 Å². The van der Waals surface area contributed by atoms with E-state index >= 15 is 0 Å². The second-order valence-corrected chi connectivity index (χ2v) is 3.01. The molecule has 14 heavy (non-hydrogen) atoms. The molecule has 0 radical (unpaired) electrons. The fraction of sp³-hybridized carbons (Fsp3) is 0.400. The minimum atomic E-state index is -2.84. The molecule has 0 saturated carbocycles. The Morgan fingerprint density at radius 2 is 2.07 bits per heavy atom. The average molecular weight is 204 g/mol. The first kappa shape index (κ1) is 10.9. The zero-order valence-electron chi connectivity index (χ0n) is 7.71. The predicted octanol–water partition coefficient (Wildman–Crippen LogP) is 3.36. The molecule has 0 spiro atoms. The van der Waals surface area contributed by atoms with Crippen molar-refractivity contribution in [1.82, 2.24) is 0 Å². The first-order valence-electron chi connectivity index (χ1n) is 4.24. The van der Waals surface area contributed by atoms with Crippen LogP contribution in [-0.4, -0.2) is 13.3 Å². The van der Waals surface area contributed by atoms with Gasteiger partial charge in [0.05, 0.1) is 6.67 Å². The zero-order valence-corrected chi connectivity index (χ0v) is 7.71. The maximum atomic E-state index is 12.3. The SMILES string of the molecule is CC(CF)c1cccc(OC(F)F)c1. The van der Waals surface area contributed by atoms with Crippen LogP contribution in [0.5, 0.6) is 5.75 Å². The van der Waals surface area contributed by atoms with Gasteiger partial charge in [0.2, 0.25) is 0 Å². The van der Waals surface area contributed by atoms with Gasteiger partial charge in [-0.2, -0.15) is 8.78 Å². The van der Waals surface area contributed by atoms with Crippen LogP contribution in [0.4, 0.5) is 13.2 Å². The van der Waals surface area contributed by atoms with E-state index in [-0.39, 0.29) is 11.7 Å². The molecule has 0 aromatic heterocycles. The van der Waals surface area contributed by atoms with E-state index in [0.717, 1.165) is 0 Å². The van der Waals surface area contributed by atoms with E-state index in [2.05, 4.69) is 4.74 Å². The van der Waals surface area contributed by atoms with Crippen LogP contribution in [-0.2, 0) is 0 Å². The van der Waals surface area contributed by atoms with Crippen molar-refractivity contribution in [2.45, 2.75) is 19.5 Å². The van der Waals surface area contributed by atoms with Gasteiger partial charge in [0.15, 0.2) is 0 Å². The Balaban J connectivity index is 2.78. The number of halogens is 3. The van der Waals surface area contributed by atoms with Crippen molar-refractivity contribution in [3.05, 3.63) is 29.8 Å². The van der Waals surface area contributed by atoms with Crippen molar-refractivity contribution in [3.63, 3.8) is 0 Å². The highest BCUT2D eigenvalue weighted by Crippen LogP contribution is 2.22. The quantitative estimate of drug-likeness (QED) is 0.730. The second-order valence-electron chi connectivity index (χ2n) is 3.01. The summed E-state index contributed by atoms with van der Waals surface area (Å²) in [6.07, 6.45) is 0. The second kappa shape index (κ2) is 4.88. The number of hydrogen-bond acceptors (Lipinski definition) is 1. The average Bonchev–Trinajstić information content (AvgIpc) is 2.16. The van der Waals surface area contributed by atoms with Crippen LogP contribution in [0.2, 0.25) is 0 Å². The molecule has 1 rings (SSSR count). The van der Waals surface area contributed by atoms with E-state index in [9.17, 15) is 13.2 Å². The molecule has 1 atom stereocenters. The van der Waals surface area contributed by atoms with Crippen LogP contribution in [0, 0.1) is 0 Å². The summed E-state index contributed by atoms with van der Waals surface area (Å²) in [4.78, 5) is 0. The van der Waals surface area contributed by atoms with Gasteiger partial charge in [-0.1, -0.05) is 19.1 Å². The van der Waals surface area contributed by atoms with Gasteiger partial charge in [0.1, 0.15) is 5.75 Å². The number of alkyl halides is 3. The van der Waals surface area contributed by atoms with Crippen molar-refractivity contribution in [2.24, 2.45) is 0 Å². The number of rotatable bonds is 4. The summed E-state index contributed by atoms with van der Waals surface area (Å²) >= 11 is 0. The van der Waals surface area contributed by atoms with Crippen LogP contribution in [0.1, 0.15) is 18.4 Å². The van der Waals surface area contributed by atoms with Crippen LogP contribution in [0.15, 0.2) is 24.3 Å². The molecule has 0 aliphatic rings. The Kier molecular flexibility index (Phi) is 3.80. The van der Waals surface area contributed by atoms with Crippen molar-refractivity contribution in [1.29, 1.82) is 0 Å². The third-order valence-electron chi connectivity index (χ3n) is 1.88. The largest absolute Gasteiger partial charge is 0.435 e. The Labute approximate surface area is 80.5 Å². The van der Waals surface area contributed by atoms with Gasteiger partial charge < -0.3 is 4.74 Å². The Morgan fingerprint density at radius 1 is 1.36 bits per heavy atom. The Morgan fingerprint density at radius 3 is 2.64 bits per heavy atom. The van der Waals surface area contributed by atoms with Gasteiger partial charge in [0.25, 0.3) is 0 Å². The molecule has 0 N–H and O–H groups in total. The van der Waals surface area contributed by atoms with Crippen LogP contribution in [0.25, 0.3) is 0 Å². The van der Waals surface area contributed by atoms with E-state index in [1.165, 1.54) is 12.1 Å². The van der Waals surface area contributed by atoms with Gasteiger partial charge >= 0.3 is 6.61 Å². The third-order valence-corrected chi connectivity index (χ3v) is 1.88. The van der Waals surface area contributed by atoms with Crippen molar-refractivity contribution in [3.8, 4) is 5.75 Å². The Bertz CT molecular complexity index is 288. The molecule has 1 aromatic carbocycles. The van der Waals surface area contributed by atoms with Gasteiger partial charge in [-0.25, -0.2) is 0 Å². The summed E-state index contributed by atoms with van der Waals surface area (Å²) in [5, 5.41) is 0. The highest BCUT2D eigenvalue weighted by atomic mass is 19.3. The molecule has 1 nitrogen and oxygen atoms in total. The summed E-state index contributed by atoms with van der Waals surface area (Å²) < 4.78 is 40.1. The molecule has 0 fully saturated rings. The summed E-state index contributed by atoms with van der Waals surface area (Å²) in [7, 11) is 0. The fourth-order valence-corrected chi connectivity index (χ4v) is 1.09. The molecule has 4 heteroatoms. The molecule has 0 aliphatic heterocycles. The molecule has 0 aliphatic carbocycles. The van der Waals surface area contributed by atoms with E-state index < -0.39 is 13.3 Å². The van der Waals surface area contributed by atoms with E-state index in [4.69, 9.17) is 0 Å². The molecule has 78 valence electrons. The Hall–Kier alpha value is -1.19. The minimum Gasteiger partial charge on any atom is -0.435 e. The predicted molar refractivity (Wildman–Crippen MR) is 47.5 cm³/mol. The van der Waals surface area contributed by atoms with Crippen LogP contribution >= 0.6 is 0 Å². The molecule has 0 amide bonds. The molecule has 1 aromatic rings. The molecular weight excluding hydrogens is 193 g/mol. The van der Waals surface area contributed by atoms with Crippen LogP contribution in [0.3, 0.4) is 0 Å². The maximum absolute atomic E-state index is 12.3. The number of ether oxygens (including phenoxy) is 1. The first-order chi connectivity index (χ1) is 6.63. The monoisotopic (exact) mass is 204 g/mol. The molecule has 0 heterocycles. The molecular formula is C10H11F3O. The highest BCUT2D eigenvalue weighted by molar-refractivity contribution is 5.30.